The molecule has 0 N–H and O–H groups in total. The van der Waals surface area contributed by atoms with Crippen molar-refractivity contribution >= 4 is 11.3 Å². The fourth-order valence-corrected chi connectivity index (χ4v) is 2.99. The lowest BCUT2D eigenvalue weighted by Crippen LogP contribution is -1.87. The molecule has 0 amide bonds. The zero-order valence-electron chi connectivity index (χ0n) is 11.5. The van der Waals surface area contributed by atoms with Crippen LogP contribution in [0.25, 0.3) is 21.8 Å². The number of ether oxygens (including phenoxy) is 1. The lowest BCUT2D eigenvalue weighted by Gasteiger charge is -2.05. The molecule has 0 spiro atoms. The van der Waals surface area contributed by atoms with Gasteiger partial charge in [-0.05, 0) is 30.7 Å². The molecule has 0 unspecified atom stereocenters. The molecule has 0 bridgehead atoms. The van der Waals surface area contributed by atoms with E-state index in [1.54, 1.807) is 18.4 Å². The second kappa shape index (κ2) is 5.47. The Morgan fingerprint density at radius 2 is 1.80 bits per heavy atom. The highest BCUT2D eigenvalue weighted by molar-refractivity contribution is 7.13. The molecule has 0 aliphatic heterocycles. The molecule has 1 aromatic heterocycles. The molecular weight excluding hydrogens is 266 g/mol. The van der Waals surface area contributed by atoms with Crippen molar-refractivity contribution in [2.45, 2.75) is 6.92 Å². The molecule has 2 nitrogen and oxygen atoms in total. The maximum atomic E-state index is 5.29. The highest BCUT2D eigenvalue weighted by Crippen LogP contribution is 2.31. The van der Waals surface area contributed by atoms with Crippen molar-refractivity contribution in [3.8, 4) is 27.6 Å². The van der Waals surface area contributed by atoms with Gasteiger partial charge < -0.3 is 4.74 Å². The van der Waals surface area contributed by atoms with Crippen LogP contribution in [0.15, 0.2) is 53.9 Å². The third-order valence-corrected chi connectivity index (χ3v) is 4.11. The molecule has 0 saturated carbocycles. The van der Waals surface area contributed by atoms with E-state index < -0.39 is 0 Å². The van der Waals surface area contributed by atoms with Gasteiger partial charge in [-0.2, -0.15) is 0 Å². The SMILES string of the molecule is COc1ccc(-c2nc(-c3ccccc3)cs2)cc1C. The first-order chi connectivity index (χ1) is 9.78. The minimum absolute atomic E-state index is 0.911. The first kappa shape index (κ1) is 12.9. The summed E-state index contributed by atoms with van der Waals surface area (Å²) in [4.78, 5) is 4.73. The average Bonchev–Trinajstić information content (AvgIpc) is 2.98. The van der Waals surface area contributed by atoms with Crippen LogP contribution < -0.4 is 4.74 Å². The summed E-state index contributed by atoms with van der Waals surface area (Å²) in [7, 11) is 1.69. The van der Waals surface area contributed by atoms with E-state index in [9.17, 15) is 0 Å². The Bertz CT molecular complexity index is 719. The summed E-state index contributed by atoms with van der Waals surface area (Å²) in [5.41, 5.74) is 4.44. The lowest BCUT2D eigenvalue weighted by molar-refractivity contribution is 0.412. The average molecular weight is 281 g/mol. The van der Waals surface area contributed by atoms with Crippen LogP contribution in [0.3, 0.4) is 0 Å². The fraction of sp³-hybridized carbons (Fsp3) is 0.118. The molecule has 0 radical (unpaired) electrons. The zero-order valence-corrected chi connectivity index (χ0v) is 12.3. The van der Waals surface area contributed by atoms with Crippen molar-refractivity contribution in [1.82, 2.24) is 4.98 Å². The molecule has 20 heavy (non-hydrogen) atoms. The number of hydrogen-bond acceptors (Lipinski definition) is 3. The van der Waals surface area contributed by atoms with Crippen molar-refractivity contribution in [3.05, 3.63) is 59.5 Å². The Balaban J connectivity index is 1.96. The second-order valence-electron chi connectivity index (χ2n) is 4.59. The lowest BCUT2D eigenvalue weighted by atomic mass is 10.1. The monoisotopic (exact) mass is 281 g/mol. The van der Waals surface area contributed by atoms with Gasteiger partial charge in [-0.1, -0.05) is 30.3 Å². The summed E-state index contributed by atoms with van der Waals surface area (Å²) >= 11 is 1.67. The van der Waals surface area contributed by atoms with E-state index in [1.165, 1.54) is 0 Å². The molecule has 0 fully saturated rings. The van der Waals surface area contributed by atoms with Gasteiger partial charge >= 0.3 is 0 Å². The van der Waals surface area contributed by atoms with Gasteiger partial charge in [-0.3, -0.25) is 0 Å². The van der Waals surface area contributed by atoms with Gasteiger partial charge in [0.05, 0.1) is 12.8 Å². The summed E-state index contributed by atoms with van der Waals surface area (Å²) < 4.78 is 5.29. The van der Waals surface area contributed by atoms with Gasteiger partial charge in [0, 0.05) is 16.5 Å². The molecule has 0 atom stereocenters. The summed E-state index contributed by atoms with van der Waals surface area (Å²) in [5.74, 6) is 0.911. The normalized spacial score (nSPS) is 10.5. The van der Waals surface area contributed by atoms with Crippen LogP contribution in [-0.2, 0) is 0 Å². The van der Waals surface area contributed by atoms with E-state index in [0.29, 0.717) is 0 Å². The Labute approximate surface area is 122 Å². The van der Waals surface area contributed by atoms with E-state index in [1.807, 2.05) is 31.2 Å². The smallest absolute Gasteiger partial charge is 0.124 e. The van der Waals surface area contributed by atoms with E-state index in [-0.39, 0.29) is 0 Å². The van der Waals surface area contributed by atoms with Gasteiger partial charge in [-0.25, -0.2) is 4.98 Å². The van der Waals surface area contributed by atoms with Crippen molar-refractivity contribution in [2.75, 3.05) is 7.11 Å². The van der Waals surface area contributed by atoms with Crippen LogP contribution in [-0.4, -0.2) is 12.1 Å². The van der Waals surface area contributed by atoms with Crippen molar-refractivity contribution in [2.24, 2.45) is 0 Å². The van der Waals surface area contributed by atoms with E-state index in [4.69, 9.17) is 9.72 Å². The minimum Gasteiger partial charge on any atom is -0.496 e. The summed E-state index contributed by atoms with van der Waals surface area (Å²) in [6.07, 6.45) is 0. The highest BCUT2D eigenvalue weighted by Gasteiger charge is 2.08. The van der Waals surface area contributed by atoms with Crippen LogP contribution in [0.5, 0.6) is 5.75 Å². The minimum atomic E-state index is 0.911. The Morgan fingerprint density at radius 1 is 1.00 bits per heavy atom. The van der Waals surface area contributed by atoms with E-state index in [2.05, 4.69) is 29.6 Å². The molecule has 3 aromatic rings. The van der Waals surface area contributed by atoms with E-state index >= 15 is 0 Å². The Morgan fingerprint density at radius 3 is 2.50 bits per heavy atom. The quantitative estimate of drug-likeness (QED) is 0.688. The largest absolute Gasteiger partial charge is 0.496 e. The predicted octanol–water partition coefficient (Wildman–Crippen LogP) is 4.79. The molecule has 0 saturated heterocycles. The van der Waals surface area contributed by atoms with Crippen molar-refractivity contribution in [1.29, 1.82) is 0 Å². The highest BCUT2D eigenvalue weighted by atomic mass is 32.1. The number of methoxy groups -OCH3 is 1. The second-order valence-corrected chi connectivity index (χ2v) is 5.45. The molecule has 0 aliphatic carbocycles. The summed E-state index contributed by atoms with van der Waals surface area (Å²) in [6, 6.07) is 16.4. The standard InChI is InChI=1S/C17H15NOS/c1-12-10-14(8-9-16(12)19-2)17-18-15(11-20-17)13-6-4-3-5-7-13/h3-11H,1-2H3. The number of thiazole rings is 1. The Hall–Kier alpha value is -2.13. The number of nitrogens with zero attached hydrogens (tertiary/aromatic N) is 1. The van der Waals surface area contributed by atoms with Crippen molar-refractivity contribution < 1.29 is 4.74 Å². The van der Waals surface area contributed by atoms with Gasteiger partial charge in [0.2, 0.25) is 0 Å². The van der Waals surface area contributed by atoms with Gasteiger partial charge in [0.25, 0.3) is 0 Å². The van der Waals surface area contributed by atoms with Gasteiger partial charge in [-0.15, -0.1) is 11.3 Å². The van der Waals surface area contributed by atoms with Crippen LogP contribution in [0.2, 0.25) is 0 Å². The topological polar surface area (TPSA) is 22.1 Å². The number of benzene rings is 2. The molecule has 2 aromatic carbocycles. The summed E-state index contributed by atoms with van der Waals surface area (Å²) in [5, 5.41) is 3.14. The Kier molecular flexibility index (Phi) is 3.52. The van der Waals surface area contributed by atoms with Crippen LogP contribution in [0.4, 0.5) is 0 Å². The molecule has 1 heterocycles. The van der Waals surface area contributed by atoms with Gasteiger partial charge in [0.15, 0.2) is 0 Å². The van der Waals surface area contributed by atoms with Gasteiger partial charge in [0.1, 0.15) is 10.8 Å². The molecule has 100 valence electrons. The van der Waals surface area contributed by atoms with Crippen molar-refractivity contribution in [3.63, 3.8) is 0 Å². The molecule has 3 heteroatoms. The van der Waals surface area contributed by atoms with Crippen LogP contribution in [0.1, 0.15) is 5.56 Å². The number of rotatable bonds is 3. The molecule has 0 aliphatic rings. The zero-order chi connectivity index (χ0) is 13.9. The summed E-state index contributed by atoms with van der Waals surface area (Å²) in [6.45, 7) is 2.05. The van der Waals surface area contributed by atoms with E-state index in [0.717, 1.165) is 33.1 Å². The number of hydrogen-bond donors (Lipinski definition) is 0. The third kappa shape index (κ3) is 2.45. The third-order valence-electron chi connectivity index (χ3n) is 3.22. The van der Waals surface area contributed by atoms with Crippen LogP contribution >= 0.6 is 11.3 Å². The maximum absolute atomic E-state index is 5.29. The van der Waals surface area contributed by atoms with Crippen LogP contribution in [0, 0.1) is 6.92 Å². The first-order valence-corrected chi connectivity index (χ1v) is 7.32. The fourth-order valence-electron chi connectivity index (χ4n) is 2.16. The molecular formula is C17H15NOS. The first-order valence-electron chi connectivity index (χ1n) is 6.44. The maximum Gasteiger partial charge on any atom is 0.124 e. The number of aryl methyl sites for hydroxylation is 1. The number of aromatic nitrogens is 1. The predicted molar refractivity (Wildman–Crippen MR) is 84.3 cm³/mol. The molecule has 3 rings (SSSR count).